The highest BCUT2D eigenvalue weighted by molar-refractivity contribution is 4.53. The lowest BCUT2D eigenvalue weighted by atomic mass is 10.2. The molecule has 1 aliphatic rings. The SMILES string of the molecule is CCCCCOCCOCCOCCOCCOCCOCCOCCOCCOC1CCCCO1. The average molecular weight is 525 g/mol. The third-order valence-electron chi connectivity index (χ3n) is 5.17. The maximum absolute atomic E-state index is 5.60. The van der Waals surface area contributed by atoms with Crippen molar-refractivity contribution in [1.82, 2.24) is 0 Å². The molecule has 1 unspecified atom stereocenters. The molecule has 0 saturated carbocycles. The van der Waals surface area contributed by atoms with E-state index in [4.69, 9.17) is 47.4 Å². The van der Waals surface area contributed by atoms with Gasteiger partial charge in [-0.25, -0.2) is 0 Å². The van der Waals surface area contributed by atoms with E-state index in [2.05, 4.69) is 6.92 Å². The minimum Gasteiger partial charge on any atom is -0.379 e. The lowest BCUT2D eigenvalue weighted by Gasteiger charge is -2.22. The smallest absolute Gasteiger partial charge is 0.157 e. The molecule has 0 radical (unpaired) electrons. The highest BCUT2D eigenvalue weighted by atomic mass is 16.7. The monoisotopic (exact) mass is 524 g/mol. The van der Waals surface area contributed by atoms with Crippen molar-refractivity contribution in [2.24, 2.45) is 0 Å². The highest BCUT2D eigenvalue weighted by Crippen LogP contribution is 2.13. The van der Waals surface area contributed by atoms with Crippen molar-refractivity contribution in [1.29, 1.82) is 0 Å². The highest BCUT2D eigenvalue weighted by Gasteiger charge is 2.13. The second-order valence-corrected chi connectivity index (χ2v) is 8.27. The van der Waals surface area contributed by atoms with Crippen molar-refractivity contribution in [2.75, 3.05) is 119 Å². The van der Waals surface area contributed by atoms with E-state index >= 15 is 0 Å². The Morgan fingerprint density at radius 2 is 0.861 bits per heavy atom. The van der Waals surface area contributed by atoms with Crippen LogP contribution in [0.1, 0.15) is 45.4 Å². The minimum atomic E-state index is -0.0568. The summed E-state index contributed by atoms with van der Waals surface area (Å²) in [6.45, 7) is 12.7. The molecule has 0 aliphatic carbocycles. The Bertz CT molecular complexity index is 410. The van der Waals surface area contributed by atoms with E-state index < -0.39 is 0 Å². The van der Waals surface area contributed by atoms with Crippen molar-refractivity contribution in [3.05, 3.63) is 0 Å². The molecule has 1 fully saturated rings. The van der Waals surface area contributed by atoms with Crippen molar-refractivity contribution >= 4 is 0 Å². The van der Waals surface area contributed by atoms with Crippen molar-refractivity contribution < 1.29 is 47.4 Å². The van der Waals surface area contributed by atoms with Gasteiger partial charge in [-0.3, -0.25) is 0 Å². The second kappa shape index (κ2) is 29.2. The maximum atomic E-state index is 5.60. The zero-order chi connectivity index (χ0) is 25.6. The van der Waals surface area contributed by atoms with Crippen molar-refractivity contribution in [3.8, 4) is 0 Å². The Labute approximate surface area is 218 Å². The summed E-state index contributed by atoms with van der Waals surface area (Å²) in [5.74, 6) is 0. The zero-order valence-electron chi connectivity index (χ0n) is 22.6. The predicted molar refractivity (Wildman–Crippen MR) is 136 cm³/mol. The standard InChI is InChI=1S/C26H52O10/c1-2-3-5-8-27-10-11-28-12-13-29-14-15-30-16-17-31-18-19-32-20-21-33-22-23-34-24-25-36-26-7-4-6-9-35-26/h26H,2-25H2,1H3. The van der Waals surface area contributed by atoms with Gasteiger partial charge >= 0.3 is 0 Å². The second-order valence-electron chi connectivity index (χ2n) is 8.27. The van der Waals surface area contributed by atoms with Crippen LogP contribution in [-0.4, -0.2) is 125 Å². The number of hydrogen-bond donors (Lipinski definition) is 0. The Morgan fingerprint density at radius 1 is 0.472 bits per heavy atom. The molecule has 1 saturated heterocycles. The zero-order valence-corrected chi connectivity index (χ0v) is 22.6. The molecule has 1 heterocycles. The molecule has 0 aromatic carbocycles. The van der Waals surface area contributed by atoms with E-state index in [9.17, 15) is 0 Å². The first-order chi connectivity index (χ1) is 17.9. The molecule has 0 aromatic rings. The van der Waals surface area contributed by atoms with Gasteiger partial charge in [0, 0.05) is 13.2 Å². The van der Waals surface area contributed by atoms with E-state index in [1.165, 1.54) is 19.3 Å². The third-order valence-corrected chi connectivity index (χ3v) is 5.17. The van der Waals surface area contributed by atoms with Gasteiger partial charge in [0.2, 0.25) is 0 Å². The predicted octanol–water partition coefficient (Wildman–Crippen LogP) is 2.85. The van der Waals surface area contributed by atoms with Gasteiger partial charge in [-0.05, 0) is 25.7 Å². The number of hydrogen-bond acceptors (Lipinski definition) is 10. The quantitative estimate of drug-likeness (QED) is 0.136. The van der Waals surface area contributed by atoms with Gasteiger partial charge in [-0.2, -0.15) is 0 Å². The van der Waals surface area contributed by atoms with E-state index in [-0.39, 0.29) is 6.29 Å². The van der Waals surface area contributed by atoms with Crippen LogP contribution < -0.4 is 0 Å². The first kappa shape index (κ1) is 33.6. The molecular weight excluding hydrogens is 472 g/mol. The Balaban J connectivity index is 1.61. The fourth-order valence-corrected chi connectivity index (χ4v) is 3.18. The molecule has 10 nitrogen and oxygen atoms in total. The van der Waals surface area contributed by atoms with Gasteiger partial charge < -0.3 is 47.4 Å². The van der Waals surface area contributed by atoms with Crippen molar-refractivity contribution in [2.45, 2.75) is 51.7 Å². The topological polar surface area (TPSA) is 92.3 Å². The van der Waals surface area contributed by atoms with Crippen LogP contribution in [0.2, 0.25) is 0 Å². The molecule has 36 heavy (non-hydrogen) atoms. The summed E-state index contributed by atoms with van der Waals surface area (Å²) in [7, 11) is 0. The van der Waals surface area contributed by atoms with Crippen LogP contribution in [0.15, 0.2) is 0 Å². The lowest BCUT2D eigenvalue weighted by Crippen LogP contribution is -2.24. The lowest BCUT2D eigenvalue weighted by molar-refractivity contribution is -0.169. The summed E-state index contributed by atoms with van der Waals surface area (Å²) in [5.41, 5.74) is 0. The Morgan fingerprint density at radius 3 is 1.22 bits per heavy atom. The Kier molecular flexibility index (Phi) is 27.2. The molecule has 1 rings (SSSR count). The van der Waals surface area contributed by atoms with Gasteiger partial charge in [0.1, 0.15) is 0 Å². The molecule has 216 valence electrons. The Hall–Kier alpha value is -0.400. The molecule has 0 bridgehead atoms. The number of rotatable bonds is 29. The number of ether oxygens (including phenoxy) is 10. The van der Waals surface area contributed by atoms with Crippen LogP contribution in [-0.2, 0) is 47.4 Å². The molecule has 0 amide bonds. The summed E-state index contributed by atoms with van der Waals surface area (Å²) in [4.78, 5) is 0. The minimum absolute atomic E-state index is 0.0568. The van der Waals surface area contributed by atoms with Crippen LogP contribution in [0, 0.1) is 0 Å². The van der Waals surface area contributed by atoms with Crippen LogP contribution >= 0.6 is 0 Å². The molecule has 1 atom stereocenters. The van der Waals surface area contributed by atoms with Crippen LogP contribution in [0.25, 0.3) is 0 Å². The summed E-state index contributed by atoms with van der Waals surface area (Å²) < 4.78 is 54.8. The molecule has 0 N–H and O–H groups in total. The third kappa shape index (κ3) is 25.3. The molecule has 0 aromatic heterocycles. The average Bonchev–Trinajstić information content (AvgIpc) is 2.91. The van der Waals surface area contributed by atoms with Crippen LogP contribution in [0.3, 0.4) is 0 Å². The molecule has 1 aliphatic heterocycles. The normalized spacial score (nSPS) is 16.1. The largest absolute Gasteiger partial charge is 0.379 e. The van der Waals surface area contributed by atoms with E-state index in [0.29, 0.717) is 106 Å². The fraction of sp³-hybridized carbons (Fsp3) is 1.00. The molecular formula is C26H52O10. The van der Waals surface area contributed by atoms with Crippen LogP contribution in [0.5, 0.6) is 0 Å². The van der Waals surface area contributed by atoms with Crippen molar-refractivity contribution in [3.63, 3.8) is 0 Å². The number of unbranched alkanes of at least 4 members (excludes halogenated alkanes) is 2. The fourth-order valence-electron chi connectivity index (χ4n) is 3.18. The first-order valence-electron chi connectivity index (χ1n) is 13.8. The summed E-state index contributed by atoms with van der Waals surface area (Å²) in [6.07, 6.45) is 6.78. The van der Waals surface area contributed by atoms with Gasteiger partial charge in [-0.1, -0.05) is 19.8 Å². The van der Waals surface area contributed by atoms with E-state index in [0.717, 1.165) is 32.5 Å². The maximum Gasteiger partial charge on any atom is 0.157 e. The van der Waals surface area contributed by atoms with Gasteiger partial charge in [0.05, 0.1) is 106 Å². The summed E-state index contributed by atoms with van der Waals surface area (Å²) >= 11 is 0. The molecule has 0 spiro atoms. The summed E-state index contributed by atoms with van der Waals surface area (Å²) in [5, 5.41) is 0. The van der Waals surface area contributed by atoms with Gasteiger partial charge in [-0.15, -0.1) is 0 Å². The van der Waals surface area contributed by atoms with Gasteiger partial charge in [0.25, 0.3) is 0 Å². The van der Waals surface area contributed by atoms with Crippen LogP contribution in [0.4, 0.5) is 0 Å². The van der Waals surface area contributed by atoms with Gasteiger partial charge in [0.15, 0.2) is 6.29 Å². The summed E-state index contributed by atoms with van der Waals surface area (Å²) in [6, 6.07) is 0. The van der Waals surface area contributed by atoms with E-state index in [1.807, 2.05) is 0 Å². The van der Waals surface area contributed by atoms with E-state index in [1.54, 1.807) is 0 Å². The molecule has 10 heteroatoms. The first-order valence-corrected chi connectivity index (χ1v) is 13.8.